The van der Waals surface area contributed by atoms with E-state index in [1.807, 2.05) is 0 Å². The van der Waals surface area contributed by atoms with Gasteiger partial charge in [0, 0.05) is 5.92 Å². The zero-order valence-electron chi connectivity index (χ0n) is 13.5. The van der Waals surface area contributed by atoms with Gasteiger partial charge in [0.25, 0.3) is 0 Å². The summed E-state index contributed by atoms with van der Waals surface area (Å²) >= 11 is 0. The van der Waals surface area contributed by atoms with Crippen molar-refractivity contribution in [2.75, 3.05) is 25.0 Å². The van der Waals surface area contributed by atoms with Crippen LogP contribution in [0.1, 0.15) is 31.7 Å². The molecule has 1 aliphatic carbocycles. The van der Waals surface area contributed by atoms with Crippen LogP contribution in [0.5, 0.6) is 5.75 Å². The van der Waals surface area contributed by atoms with E-state index in [0.717, 1.165) is 44.5 Å². The zero-order valence-corrected chi connectivity index (χ0v) is 13.5. The number of benzene rings is 1. The van der Waals surface area contributed by atoms with Gasteiger partial charge in [-0.15, -0.1) is 0 Å². The van der Waals surface area contributed by atoms with Crippen LogP contribution in [0.2, 0.25) is 0 Å². The molecule has 0 radical (unpaired) electrons. The molecule has 7 heteroatoms. The highest BCUT2D eigenvalue weighted by Crippen LogP contribution is 2.59. The molecule has 2 N–H and O–H groups in total. The SMILES string of the molecule is CCOc1ccc(C(F)(F)F)cc1NC(=O)C1CC12CCNCC2. The highest BCUT2D eigenvalue weighted by atomic mass is 19.4. The first-order valence-corrected chi connectivity index (χ1v) is 8.21. The van der Waals surface area contributed by atoms with Crippen LogP contribution in [0.4, 0.5) is 18.9 Å². The number of anilines is 1. The number of carbonyl (C=O) groups excluding carboxylic acids is 1. The van der Waals surface area contributed by atoms with Gasteiger partial charge < -0.3 is 15.4 Å². The van der Waals surface area contributed by atoms with E-state index in [2.05, 4.69) is 10.6 Å². The van der Waals surface area contributed by atoms with Crippen molar-refractivity contribution >= 4 is 11.6 Å². The summed E-state index contributed by atoms with van der Waals surface area (Å²) in [5, 5.41) is 5.92. The van der Waals surface area contributed by atoms with Gasteiger partial charge in [0.1, 0.15) is 5.75 Å². The molecular weight excluding hydrogens is 321 g/mol. The Kier molecular flexibility index (Phi) is 4.46. The monoisotopic (exact) mass is 342 g/mol. The first-order chi connectivity index (χ1) is 11.4. The molecule has 1 heterocycles. The number of nitrogens with one attached hydrogen (secondary N) is 2. The lowest BCUT2D eigenvalue weighted by molar-refractivity contribution is -0.137. The lowest BCUT2D eigenvalue weighted by Crippen LogP contribution is -2.31. The number of hydrogen-bond acceptors (Lipinski definition) is 3. The lowest BCUT2D eigenvalue weighted by atomic mass is 9.92. The zero-order chi connectivity index (χ0) is 17.4. The third-order valence-corrected chi connectivity index (χ3v) is 4.97. The molecule has 1 atom stereocenters. The second kappa shape index (κ2) is 6.27. The second-order valence-electron chi connectivity index (χ2n) is 6.50. The highest BCUT2D eigenvalue weighted by Gasteiger charge is 2.57. The Labute approximate surface area is 138 Å². The first kappa shape index (κ1) is 17.1. The molecule has 1 saturated heterocycles. The minimum Gasteiger partial charge on any atom is -0.492 e. The van der Waals surface area contributed by atoms with Crippen LogP contribution in [0.25, 0.3) is 0 Å². The van der Waals surface area contributed by atoms with Crippen molar-refractivity contribution in [2.45, 2.75) is 32.4 Å². The highest BCUT2D eigenvalue weighted by molar-refractivity contribution is 5.96. The van der Waals surface area contributed by atoms with Gasteiger partial charge in [-0.1, -0.05) is 0 Å². The molecule has 2 fully saturated rings. The van der Waals surface area contributed by atoms with Crippen LogP contribution in [0.3, 0.4) is 0 Å². The molecule has 4 nitrogen and oxygen atoms in total. The molecule has 1 amide bonds. The molecule has 0 bridgehead atoms. The van der Waals surface area contributed by atoms with E-state index in [-0.39, 0.29) is 28.7 Å². The minimum atomic E-state index is -4.46. The molecule has 1 aliphatic heterocycles. The summed E-state index contributed by atoms with van der Waals surface area (Å²) in [7, 11) is 0. The second-order valence-corrected chi connectivity index (χ2v) is 6.50. The molecule has 24 heavy (non-hydrogen) atoms. The van der Waals surface area contributed by atoms with E-state index in [4.69, 9.17) is 4.74 Å². The molecule has 3 rings (SSSR count). The number of alkyl halides is 3. The molecule has 1 aromatic rings. The van der Waals surface area contributed by atoms with Crippen molar-refractivity contribution in [2.24, 2.45) is 11.3 Å². The maximum atomic E-state index is 12.9. The number of halogens is 3. The van der Waals surface area contributed by atoms with Gasteiger partial charge >= 0.3 is 6.18 Å². The molecule has 132 valence electrons. The van der Waals surface area contributed by atoms with Crippen LogP contribution >= 0.6 is 0 Å². The standard InChI is InChI=1S/C17H21F3N2O2/c1-2-24-14-4-3-11(17(18,19)20)9-13(14)22-15(23)12-10-16(12)5-7-21-8-6-16/h3-4,9,12,21H,2,5-8,10H2,1H3,(H,22,23). The van der Waals surface area contributed by atoms with E-state index in [1.54, 1.807) is 6.92 Å². The van der Waals surface area contributed by atoms with Gasteiger partial charge in [-0.3, -0.25) is 4.79 Å². The minimum absolute atomic E-state index is 0.0305. The smallest absolute Gasteiger partial charge is 0.416 e. The number of carbonyl (C=O) groups is 1. The van der Waals surface area contributed by atoms with E-state index >= 15 is 0 Å². The molecule has 0 aromatic heterocycles. The van der Waals surface area contributed by atoms with Crippen LogP contribution in [0.15, 0.2) is 18.2 Å². The quantitative estimate of drug-likeness (QED) is 0.881. The fourth-order valence-electron chi connectivity index (χ4n) is 3.50. The molecule has 1 aromatic carbocycles. The van der Waals surface area contributed by atoms with Crippen molar-refractivity contribution < 1.29 is 22.7 Å². The largest absolute Gasteiger partial charge is 0.492 e. The van der Waals surface area contributed by atoms with Crippen molar-refractivity contribution in [3.05, 3.63) is 23.8 Å². The average molecular weight is 342 g/mol. The number of rotatable bonds is 4. The normalized spacial score (nSPS) is 22.2. The van der Waals surface area contributed by atoms with Gasteiger partial charge in [0.05, 0.1) is 17.9 Å². The Morgan fingerprint density at radius 2 is 2.08 bits per heavy atom. The third-order valence-electron chi connectivity index (χ3n) is 4.97. The predicted octanol–water partition coefficient (Wildman–Crippen LogP) is 3.43. The number of hydrogen-bond donors (Lipinski definition) is 2. The Morgan fingerprint density at radius 3 is 2.71 bits per heavy atom. The number of ether oxygens (including phenoxy) is 1. The summed E-state index contributed by atoms with van der Waals surface area (Å²) in [5.74, 6) is -0.0698. The summed E-state index contributed by atoms with van der Waals surface area (Å²) < 4.78 is 44.1. The predicted molar refractivity (Wildman–Crippen MR) is 83.9 cm³/mol. The van der Waals surface area contributed by atoms with Crippen LogP contribution < -0.4 is 15.4 Å². The van der Waals surface area contributed by atoms with E-state index in [0.29, 0.717) is 6.61 Å². The van der Waals surface area contributed by atoms with Crippen molar-refractivity contribution in [3.63, 3.8) is 0 Å². The maximum absolute atomic E-state index is 12.9. The lowest BCUT2D eigenvalue weighted by Gasteiger charge is -2.23. The van der Waals surface area contributed by atoms with Gasteiger partial charge in [-0.25, -0.2) is 0 Å². The molecular formula is C17H21F3N2O2. The molecule has 1 unspecified atom stereocenters. The topological polar surface area (TPSA) is 50.4 Å². The van der Waals surface area contributed by atoms with Gasteiger partial charge in [-0.2, -0.15) is 13.2 Å². The molecule has 1 spiro atoms. The molecule has 2 aliphatic rings. The third kappa shape index (κ3) is 3.36. The van der Waals surface area contributed by atoms with Gasteiger partial charge in [-0.05, 0) is 62.9 Å². The van der Waals surface area contributed by atoms with Crippen molar-refractivity contribution in [1.82, 2.24) is 5.32 Å². The summed E-state index contributed by atoms with van der Waals surface area (Å²) in [6.07, 6.45) is -1.78. The summed E-state index contributed by atoms with van der Waals surface area (Å²) in [4.78, 5) is 12.5. The van der Waals surface area contributed by atoms with Crippen LogP contribution in [0, 0.1) is 11.3 Å². The Balaban J connectivity index is 1.76. The summed E-state index contributed by atoms with van der Waals surface area (Å²) in [6, 6.07) is 3.17. The first-order valence-electron chi connectivity index (χ1n) is 8.21. The maximum Gasteiger partial charge on any atom is 0.416 e. The summed E-state index contributed by atoms with van der Waals surface area (Å²) in [6.45, 7) is 3.83. The summed E-state index contributed by atoms with van der Waals surface area (Å²) in [5.41, 5.74) is -0.677. The fourth-order valence-corrected chi connectivity index (χ4v) is 3.50. The van der Waals surface area contributed by atoms with E-state index < -0.39 is 11.7 Å². The van der Waals surface area contributed by atoms with E-state index in [9.17, 15) is 18.0 Å². The van der Waals surface area contributed by atoms with Crippen LogP contribution in [-0.4, -0.2) is 25.6 Å². The van der Waals surface area contributed by atoms with Crippen molar-refractivity contribution in [3.8, 4) is 5.75 Å². The van der Waals surface area contributed by atoms with Gasteiger partial charge in [0.2, 0.25) is 5.91 Å². The molecule has 1 saturated carbocycles. The van der Waals surface area contributed by atoms with Crippen molar-refractivity contribution in [1.29, 1.82) is 0 Å². The van der Waals surface area contributed by atoms with Crippen LogP contribution in [-0.2, 0) is 11.0 Å². The Morgan fingerprint density at radius 1 is 1.38 bits per heavy atom. The van der Waals surface area contributed by atoms with E-state index in [1.165, 1.54) is 6.07 Å². The van der Waals surface area contributed by atoms with Gasteiger partial charge in [0.15, 0.2) is 0 Å². The average Bonchev–Trinajstić information content (AvgIpc) is 3.22. The number of piperidine rings is 1. The number of amides is 1. The Bertz CT molecular complexity index is 625. The Hall–Kier alpha value is -1.76. The fraction of sp³-hybridized carbons (Fsp3) is 0.588.